The van der Waals surface area contributed by atoms with Gasteiger partial charge in [0.2, 0.25) is 0 Å². The van der Waals surface area contributed by atoms with Crippen LogP contribution in [0.5, 0.6) is 0 Å². The molecule has 0 atom stereocenters. The van der Waals surface area contributed by atoms with Crippen molar-refractivity contribution in [2.24, 2.45) is 5.73 Å². The molecule has 0 heterocycles. The van der Waals surface area contributed by atoms with Crippen LogP contribution < -0.4 is 5.73 Å². The summed E-state index contributed by atoms with van der Waals surface area (Å²) in [6.07, 6.45) is -0.745. The van der Waals surface area contributed by atoms with Gasteiger partial charge in [0, 0.05) is 0 Å². The van der Waals surface area contributed by atoms with E-state index in [1.807, 2.05) is 0 Å². The van der Waals surface area contributed by atoms with Gasteiger partial charge in [-0.2, -0.15) is 0 Å². The molecule has 0 fully saturated rings. The van der Waals surface area contributed by atoms with Gasteiger partial charge in [0.1, 0.15) is 0 Å². The molecule has 0 aliphatic heterocycles. The Bertz CT molecular complexity index is 44.1. The highest BCUT2D eigenvalue weighted by atomic mass is 16.5. The highest BCUT2D eigenvalue weighted by Gasteiger charge is 1.76. The first-order valence-electron chi connectivity index (χ1n) is 1.11. The highest BCUT2D eigenvalue weighted by molar-refractivity contribution is 5.64. The van der Waals surface area contributed by atoms with E-state index in [-0.39, 0.29) is 7.43 Å². The Kier molecular flexibility index (Phi) is 6.40. The molecule has 0 aromatic rings. The van der Waals surface area contributed by atoms with E-state index < -0.39 is 6.09 Å². The van der Waals surface area contributed by atoms with Gasteiger partial charge < -0.3 is 10.5 Å². The molecule has 1 amide bonds. The highest BCUT2D eigenvalue weighted by Crippen LogP contribution is 1.55. The minimum atomic E-state index is -0.745. The summed E-state index contributed by atoms with van der Waals surface area (Å²) in [5, 5.41) is 0. The predicted molar refractivity (Wildman–Crippen MR) is 23.3 cm³/mol. The van der Waals surface area contributed by atoms with Crippen molar-refractivity contribution in [3.8, 4) is 0 Å². The van der Waals surface area contributed by atoms with Crippen LogP contribution in [-0.2, 0) is 4.74 Å². The number of rotatable bonds is 0. The number of carbonyl (C=O) groups excluding carboxylic acids is 1. The van der Waals surface area contributed by atoms with Gasteiger partial charge in [-0.1, -0.05) is 7.43 Å². The summed E-state index contributed by atoms with van der Waals surface area (Å²) in [4.78, 5) is 9.37. The van der Waals surface area contributed by atoms with E-state index in [1.165, 1.54) is 7.11 Å². The van der Waals surface area contributed by atoms with E-state index in [0.717, 1.165) is 0 Å². The number of hydrogen-bond acceptors (Lipinski definition) is 2. The smallest absolute Gasteiger partial charge is 0.404 e. The van der Waals surface area contributed by atoms with E-state index in [2.05, 4.69) is 10.5 Å². The fraction of sp³-hybridized carbons (Fsp3) is 0.667. The lowest BCUT2D eigenvalue weighted by Gasteiger charge is -1.81. The van der Waals surface area contributed by atoms with Crippen LogP contribution in [-0.4, -0.2) is 13.2 Å². The van der Waals surface area contributed by atoms with E-state index in [4.69, 9.17) is 0 Å². The van der Waals surface area contributed by atoms with E-state index in [0.29, 0.717) is 0 Å². The standard InChI is InChI=1S/C2H5NO2.CH4/c1-5-2(3)4;/h1H3,(H2,3,4);1H4. The van der Waals surface area contributed by atoms with Crippen LogP contribution in [0.15, 0.2) is 0 Å². The minimum absolute atomic E-state index is 0. The lowest BCUT2D eigenvalue weighted by molar-refractivity contribution is 0.182. The minimum Gasteiger partial charge on any atom is -0.453 e. The largest absolute Gasteiger partial charge is 0.453 e. The number of carbonyl (C=O) groups is 1. The molecule has 2 N–H and O–H groups in total. The van der Waals surface area contributed by atoms with Crippen molar-refractivity contribution in [2.75, 3.05) is 7.11 Å². The summed E-state index contributed by atoms with van der Waals surface area (Å²) < 4.78 is 3.89. The molecule has 0 aromatic carbocycles. The van der Waals surface area contributed by atoms with E-state index >= 15 is 0 Å². The van der Waals surface area contributed by atoms with Crippen molar-refractivity contribution < 1.29 is 9.53 Å². The lowest BCUT2D eigenvalue weighted by Crippen LogP contribution is -2.08. The summed E-state index contributed by atoms with van der Waals surface area (Å²) in [7, 11) is 1.22. The second-order valence-corrected chi connectivity index (χ2v) is 0.523. The summed E-state index contributed by atoms with van der Waals surface area (Å²) in [6.45, 7) is 0. The fourth-order valence-corrected chi connectivity index (χ4v) is 0. The Labute approximate surface area is 37.1 Å². The second kappa shape index (κ2) is 4.27. The zero-order valence-corrected chi connectivity index (χ0v) is 2.89. The van der Waals surface area contributed by atoms with Crippen molar-refractivity contribution in [1.29, 1.82) is 0 Å². The van der Waals surface area contributed by atoms with Crippen LogP contribution in [0.25, 0.3) is 0 Å². The molecular formula is C3H9NO2. The van der Waals surface area contributed by atoms with Crippen molar-refractivity contribution in [3.63, 3.8) is 0 Å². The van der Waals surface area contributed by atoms with Crippen LogP contribution in [0.2, 0.25) is 0 Å². The van der Waals surface area contributed by atoms with Crippen molar-refractivity contribution in [3.05, 3.63) is 0 Å². The quantitative estimate of drug-likeness (QED) is 0.467. The van der Waals surface area contributed by atoms with Gasteiger partial charge in [0.05, 0.1) is 7.11 Å². The number of ether oxygens (including phenoxy) is 1. The van der Waals surface area contributed by atoms with Gasteiger partial charge in [0.25, 0.3) is 0 Å². The Morgan fingerprint density at radius 1 is 1.83 bits per heavy atom. The number of methoxy groups -OCH3 is 1. The average molecular weight is 91.1 g/mol. The first kappa shape index (κ1) is 8.99. The normalized spacial score (nSPS) is 5.50. The third kappa shape index (κ3) is 10.4. The molecule has 0 unspecified atom stereocenters. The zero-order chi connectivity index (χ0) is 4.28. The second-order valence-electron chi connectivity index (χ2n) is 0.523. The van der Waals surface area contributed by atoms with Gasteiger partial charge in [-0.15, -0.1) is 0 Å². The first-order valence-corrected chi connectivity index (χ1v) is 1.11. The van der Waals surface area contributed by atoms with Crippen molar-refractivity contribution in [1.82, 2.24) is 0 Å². The molecule has 0 spiro atoms. The van der Waals surface area contributed by atoms with Crippen LogP contribution >= 0.6 is 0 Å². The number of amides is 1. The molecule has 0 saturated carbocycles. The number of nitrogens with two attached hydrogens (primary N) is 1. The summed E-state index contributed by atoms with van der Waals surface area (Å²) >= 11 is 0. The van der Waals surface area contributed by atoms with Crippen LogP contribution in [0.1, 0.15) is 7.43 Å². The number of primary amides is 1. The molecule has 3 nitrogen and oxygen atoms in total. The van der Waals surface area contributed by atoms with Crippen molar-refractivity contribution >= 4 is 6.09 Å². The maximum absolute atomic E-state index is 9.37. The molecule has 0 bridgehead atoms. The molecule has 38 valence electrons. The van der Waals surface area contributed by atoms with E-state index in [9.17, 15) is 4.79 Å². The molecule has 0 aliphatic rings. The lowest BCUT2D eigenvalue weighted by atomic mass is 11.3. The van der Waals surface area contributed by atoms with Gasteiger partial charge in [-0.25, -0.2) is 4.79 Å². The Hall–Kier alpha value is -0.730. The van der Waals surface area contributed by atoms with Gasteiger partial charge >= 0.3 is 6.09 Å². The number of hydrogen-bond donors (Lipinski definition) is 1. The van der Waals surface area contributed by atoms with E-state index in [1.54, 1.807) is 0 Å². The van der Waals surface area contributed by atoms with Crippen LogP contribution in [0, 0.1) is 0 Å². The molecule has 0 radical (unpaired) electrons. The molecule has 0 rings (SSSR count). The van der Waals surface area contributed by atoms with Crippen molar-refractivity contribution in [2.45, 2.75) is 7.43 Å². The Balaban J connectivity index is 0. The summed E-state index contributed by atoms with van der Waals surface area (Å²) in [6, 6.07) is 0. The van der Waals surface area contributed by atoms with Gasteiger partial charge in [0.15, 0.2) is 0 Å². The first-order chi connectivity index (χ1) is 2.27. The van der Waals surface area contributed by atoms with Crippen LogP contribution in [0.4, 0.5) is 4.79 Å². The monoisotopic (exact) mass is 91.1 g/mol. The molecule has 0 aromatic heterocycles. The molecule has 3 heteroatoms. The van der Waals surface area contributed by atoms with Gasteiger partial charge in [-0.3, -0.25) is 0 Å². The topological polar surface area (TPSA) is 52.3 Å². The van der Waals surface area contributed by atoms with Gasteiger partial charge in [-0.05, 0) is 0 Å². The maximum Gasteiger partial charge on any atom is 0.404 e. The summed E-state index contributed by atoms with van der Waals surface area (Å²) in [5.41, 5.74) is 4.43. The van der Waals surface area contributed by atoms with Crippen LogP contribution in [0.3, 0.4) is 0 Å². The SMILES string of the molecule is C.COC(N)=O. The fourth-order valence-electron chi connectivity index (χ4n) is 0. The Morgan fingerprint density at radius 2 is 2.00 bits per heavy atom. The maximum atomic E-state index is 9.37. The average Bonchev–Trinajstić information content (AvgIpc) is 1.38. The molecule has 6 heavy (non-hydrogen) atoms. The third-order valence-corrected chi connectivity index (χ3v) is 0.201. The Morgan fingerprint density at radius 3 is 2.00 bits per heavy atom. The third-order valence-electron chi connectivity index (χ3n) is 0.201. The predicted octanol–water partition coefficient (Wildman–Crippen LogP) is 0.348. The summed E-state index contributed by atoms with van der Waals surface area (Å²) in [5.74, 6) is 0. The molecule has 0 aliphatic carbocycles. The molecular weight excluding hydrogens is 82.0 g/mol. The molecule has 0 saturated heterocycles. The zero-order valence-electron chi connectivity index (χ0n) is 2.89.